The van der Waals surface area contributed by atoms with E-state index < -0.39 is 0 Å². The highest BCUT2D eigenvalue weighted by atomic mass is 32.2. The number of aryl methyl sites for hydroxylation is 2. The predicted octanol–water partition coefficient (Wildman–Crippen LogP) is 3.99. The van der Waals surface area contributed by atoms with Crippen LogP contribution in [0.25, 0.3) is 0 Å². The molecule has 8 heteroatoms. The quantitative estimate of drug-likeness (QED) is 0.248. The van der Waals surface area contributed by atoms with Crippen LogP contribution in [0.2, 0.25) is 0 Å². The largest absolute Gasteiger partial charge is 0.378 e. The maximum atomic E-state index is 12.4. The van der Waals surface area contributed by atoms with Gasteiger partial charge in [0.1, 0.15) is 0 Å². The molecule has 2 heterocycles. The first-order chi connectivity index (χ1) is 16.1. The number of carbonyl (C=O) groups excluding carboxylic acids is 1. The van der Waals surface area contributed by atoms with Gasteiger partial charge in [0.05, 0.1) is 19.4 Å². The van der Waals surface area contributed by atoms with Crippen molar-refractivity contribution < 1.29 is 9.53 Å². The lowest BCUT2D eigenvalue weighted by atomic mass is 10.1. The third-order valence-electron chi connectivity index (χ3n) is 5.19. The lowest BCUT2D eigenvalue weighted by molar-refractivity contribution is 0.0955. The van der Waals surface area contributed by atoms with E-state index in [2.05, 4.69) is 37.5 Å². The third kappa shape index (κ3) is 6.63. The minimum Gasteiger partial charge on any atom is -0.378 e. The van der Waals surface area contributed by atoms with Gasteiger partial charge in [0, 0.05) is 41.5 Å². The van der Waals surface area contributed by atoms with Crippen LogP contribution in [0.15, 0.2) is 64.9 Å². The Morgan fingerprint density at radius 3 is 2.39 bits per heavy atom. The number of hydrazone groups is 1. The van der Waals surface area contributed by atoms with Crippen LogP contribution in [0.3, 0.4) is 0 Å². The number of ether oxygens (including phenoxy) is 1. The summed E-state index contributed by atoms with van der Waals surface area (Å²) in [6.07, 6.45) is 1.65. The molecule has 0 saturated carbocycles. The minimum atomic E-state index is -0.243. The van der Waals surface area contributed by atoms with Crippen LogP contribution in [0.1, 0.15) is 32.9 Å². The summed E-state index contributed by atoms with van der Waals surface area (Å²) in [4.78, 5) is 23.6. The van der Waals surface area contributed by atoms with Crippen LogP contribution < -0.4 is 10.3 Å². The molecule has 0 unspecified atom stereocenters. The summed E-state index contributed by atoms with van der Waals surface area (Å²) in [5.74, 6) is 0.497. The molecule has 1 N–H and O–H groups in total. The normalized spacial score (nSPS) is 13.9. The van der Waals surface area contributed by atoms with Crippen molar-refractivity contribution in [2.45, 2.75) is 24.8 Å². The van der Waals surface area contributed by atoms with Gasteiger partial charge in [0.15, 0.2) is 5.16 Å². The van der Waals surface area contributed by atoms with Crippen molar-refractivity contribution >= 4 is 29.6 Å². The van der Waals surface area contributed by atoms with Gasteiger partial charge in [-0.3, -0.25) is 4.79 Å². The second-order valence-electron chi connectivity index (χ2n) is 7.81. The standard InChI is InChI=1S/C25H27N5O2S/c1-18-15-19(2)28-25(27-18)33-17-21-3-7-22(8-4-21)24(31)29-26-16-20-5-9-23(10-6-20)30-11-13-32-14-12-30/h3-10,15-16H,11-14,17H2,1-2H3,(H,29,31)/b26-16-. The SMILES string of the molecule is Cc1cc(C)nc(SCc2ccc(C(=O)N/N=C\c3ccc(N4CCOCC4)cc3)cc2)n1. The van der Waals surface area contributed by atoms with Crippen molar-refractivity contribution in [1.82, 2.24) is 15.4 Å². The van der Waals surface area contributed by atoms with Gasteiger partial charge in [-0.2, -0.15) is 5.10 Å². The highest BCUT2D eigenvalue weighted by Crippen LogP contribution is 2.20. The zero-order valence-electron chi connectivity index (χ0n) is 18.8. The topological polar surface area (TPSA) is 79.7 Å². The molecular formula is C25H27N5O2S. The molecule has 1 saturated heterocycles. The van der Waals surface area contributed by atoms with E-state index in [1.54, 1.807) is 30.1 Å². The molecule has 0 atom stereocenters. The maximum absolute atomic E-state index is 12.4. The zero-order valence-corrected chi connectivity index (χ0v) is 19.6. The van der Waals surface area contributed by atoms with Gasteiger partial charge < -0.3 is 9.64 Å². The van der Waals surface area contributed by atoms with Crippen LogP contribution >= 0.6 is 11.8 Å². The molecule has 1 amide bonds. The van der Waals surface area contributed by atoms with Crippen LogP contribution in [0, 0.1) is 13.8 Å². The molecular weight excluding hydrogens is 434 g/mol. The minimum absolute atomic E-state index is 0.243. The molecule has 1 fully saturated rings. The maximum Gasteiger partial charge on any atom is 0.271 e. The van der Waals surface area contributed by atoms with Gasteiger partial charge in [0.25, 0.3) is 5.91 Å². The lowest BCUT2D eigenvalue weighted by Gasteiger charge is -2.28. The average molecular weight is 462 g/mol. The lowest BCUT2D eigenvalue weighted by Crippen LogP contribution is -2.36. The summed E-state index contributed by atoms with van der Waals surface area (Å²) in [5.41, 5.74) is 8.27. The molecule has 0 aliphatic carbocycles. The number of thioether (sulfide) groups is 1. The molecule has 0 spiro atoms. The summed E-state index contributed by atoms with van der Waals surface area (Å²) in [6.45, 7) is 7.26. The number of nitrogens with zero attached hydrogens (tertiary/aromatic N) is 4. The van der Waals surface area contributed by atoms with Crippen LogP contribution in [0.4, 0.5) is 5.69 Å². The smallest absolute Gasteiger partial charge is 0.271 e. The zero-order chi connectivity index (χ0) is 23.0. The number of carbonyl (C=O) groups is 1. The molecule has 33 heavy (non-hydrogen) atoms. The highest BCUT2D eigenvalue weighted by molar-refractivity contribution is 7.98. The molecule has 0 radical (unpaired) electrons. The van der Waals surface area contributed by atoms with E-state index in [-0.39, 0.29) is 5.91 Å². The number of benzene rings is 2. The van der Waals surface area contributed by atoms with Crippen molar-refractivity contribution in [3.63, 3.8) is 0 Å². The number of hydrogen-bond donors (Lipinski definition) is 1. The summed E-state index contributed by atoms with van der Waals surface area (Å²) >= 11 is 1.58. The van der Waals surface area contributed by atoms with Gasteiger partial charge in [-0.1, -0.05) is 36.0 Å². The molecule has 0 bridgehead atoms. The highest BCUT2D eigenvalue weighted by Gasteiger charge is 2.10. The number of anilines is 1. The molecule has 2 aromatic carbocycles. The van der Waals surface area contributed by atoms with E-state index in [4.69, 9.17) is 4.74 Å². The summed E-state index contributed by atoms with van der Waals surface area (Å²) < 4.78 is 5.39. The monoisotopic (exact) mass is 461 g/mol. The Labute approximate surface area is 198 Å². The van der Waals surface area contributed by atoms with E-state index in [9.17, 15) is 4.79 Å². The number of morpholine rings is 1. The number of hydrogen-bond acceptors (Lipinski definition) is 7. The summed E-state index contributed by atoms with van der Waals surface area (Å²) in [7, 11) is 0. The van der Waals surface area contributed by atoms with E-state index in [0.29, 0.717) is 5.56 Å². The molecule has 4 rings (SSSR count). The average Bonchev–Trinajstić information content (AvgIpc) is 2.83. The number of aromatic nitrogens is 2. The second-order valence-corrected chi connectivity index (χ2v) is 8.75. The van der Waals surface area contributed by atoms with Crippen molar-refractivity contribution in [2.75, 3.05) is 31.2 Å². The first-order valence-corrected chi connectivity index (χ1v) is 11.9. The van der Waals surface area contributed by atoms with Gasteiger partial charge in [-0.15, -0.1) is 0 Å². The molecule has 3 aromatic rings. The van der Waals surface area contributed by atoms with E-state index in [1.165, 1.54) is 5.69 Å². The van der Waals surface area contributed by atoms with Crippen LogP contribution in [-0.4, -0.2) is 48.4 Å². The molecule has 170 valence electrons. The predicted molar refractivity (Wildman–Crippen MR) is 132 cm³/mol. The Bertz CT molecular complexity index is 1090. The Morgan fingerprint density at radius 1 is 1.06 bits per heavy atom. The first kappa shape index (κ1) is 22.9. The van der Waals surface area contributed by atoms with Crippen molar-refractivity contribution in [1.29, 1.82) is 0 Å². The van der Waals surface area contributed by atoms with Gasteiger partial charge in [-0.05, 0) is 55.3 Å². The Hall–Kier alpha value is -3.23. The van der Waals surface area contributed by atoms with Gasteiger partial charge in [0.2, 0.25) is 0 Å². The van der Waals surface area contributed by atoms with Crippen molar-refractivity contribution in [3.8, 4) is 0 Å². The molecule has 1 aliphatic heterocycles. The van der Waals surface area contributed by atoms with Gasteiger partial charge in [-0.25, -0.2) is 15.4 Å². The summed E-state index contributed by atoms with van der Waals surface area (Å²) in [5, 5.41) is 4.86. The number of nitrogens with one attached hydrogen (secondary N) is 1. The Kier molecular flexibility index (Phi) is 7.70. The van der Waals surface area contributed by atoms with Crippen LogP contribution in [0.5, 0.6) is 0 Å². The van der Waals surface area contributed by atoms with Crippen molar-refractivity contribution in [2.24, 2.45) is 5.10 Å². The van der Waals surface area contributed by atoms with E-state index in [0.717, 1.165) is 59.7 Å². The molecule has 1 aromatic heterocycles. The number of rotatable bonds is 7. The molecule has 1 aliphatic rings. The van der Waals surface area contributed by atoms with Crippen LogP contribution in [-0.2, 0) is 10.5 Å². The fraction of sp³-hybridized carbons (Fsp3) is 0.280. The molecule has 7 nitrogen and oxygen atoms in total. The number of amides is 1. The second kappa shape index (κ2) is 11.1. The van der Waals surface area contributed by atoms with E-state index >= 15 is 0 Å². The Balaban J connectivity index is 1.27. The summed E-state index contributed by atoms with van der Waals surface area (Å²) in [6, 6.07) is 17.6. The van der Waals surface area contributed by atoms with Crippen molar-refractivity contribution in [3.05, 3.63) is 82.7 Å². The first-order valence-electron chi connectivity index (χ1n) is 10.9. The van der Waals surface area contributed by atoms with Gasteiger partial charge >= 0.3 is 0 Å². The fourth-order valence-corrected chi connectivity index (χ4v) is 4.39. The van der Waals surface area contributed by atoms with E-state index in [1.807, 2.05) is 44.2 Å². The Morgan fingerprint density at radius 2 is 1.73 bits per heavy atom. The third-order valence-corrected chi connectivity index (χ3v) is 6.11. The fourth-order valence-electron chi connectivity index (χ4n) is 3.48.